The second-order valence-electron chi connectivity index (χ2n) is 7.34. The summed E-state index contributed by atoms with van der Waals surface area (Å²) >= 11 is 1.71. The van der Waals surface area contributed by atoms with E-state index in [0.717, 1.165) is 28.7 Å². The first kappa shape index (κ1) is 18.7. The quantitative estimate of drug-likeness (QED) is 0.557. The predicted octanol–water partition coefficient (Wildman–Crippen LogP) is 5.26. The Kier molecular flexibility index (Phi) is 5.73. The fourth-order valence-corrected chi connectivity index (χ4v) is 4.82. The first-order chi connectivity index (χ1) is 13.8. The van der Waals surface area contributed by atoms with Crippen LogP contribution in [0.4, 0.5) is 0 Å². The molecule has 1 aliphatic carbocycles. The van der Waals surface area contributed by atoms with Crippen molar-refractivity contribution in [2.24, 2.45) is 5.92 Å². The summed E-state index contributed by atoms with van der Waals surface area (Å²) < 4.78 is 2.34. The van der Waals surface area contributed by atoms with Crippen molar-refractivity contribution in [1.29, 1.82) is 5.26 Å². The smallest absolute Gasteiger partial charge is 0.192 e. The summed E-state index contributed by atoms with van der Waals surface area (Å²) in [6, 6.07) is 14.3. The van der Waals surface area contributed by atoms with Crippen molar-refractivity contribution in [2.45, 2.75) is 49.6 Å². The highest BCUT2D eigenvalue weighted by atomic mass is 32.2. The van der Waals surface area contributed by atoms with Crippen LogP contribution in [0, 0.1) is 17.2 Å². The molecule has 0 saturated heterocycles. The molecule has 1 aromatic carbocycles. The van der Waals surface area contributed by atoms with Gasteiger partial charge in [0.25, 0.3) is 0 Å². The predicted molar refractivity (Wildman–Crippen MR) is 111 cm³/mol. The van der Waals surface area contributed by atoms with Crippen molar-refractivity contribution < 1.29 is 0 Å². The van der Waals surface area contributed by atoms with E-state index in [0.29, 0.717) is 17.5 Å². The number of aromatic nitrogens is 4. The van der Waals surface area contributed by atoms with Gasteiger partial charge in [-0.2, -0.15) is 5.26 Å². The van der Waals surface area contributed by atoms with Crippen LogP contribution in [0.1, 0.15) is 49.8 Å². The van der Waals surface area contributed by atoms with Gasteiger partial charge in [-0.1, -0.05) is 43.7 Å². The molecule has 0 amide bonds. The van der Waals surface area contributed by atoms with Crippen molar-refractivity contribution in [2.75, 3.05) is 0 Å². The number of pyridine rings is 1. The Morgan fingerprint density at radius 1 is 1.14 bits per heavy atom. The lowest BCUT2D eigenvalue weighted by Crippen LogP contribution is -2.22. The van der Waals surface area contributed by atoms with Crippen LogP contribution in [0.25, 0.3) is 11.4 Å². The molecule has 5 nitrogen and oxygen atoms in total. The highest BCUT2D eigenvalue weighted by Gasteiger charge is 2.28. The van der Waals surface area contributed by atoms with Gasteiger partial charge in [0.15, 0.2) is 11.0 Å². The molecule has 142 valence electrons. The number of hydrogen-bond donors (Lipinski definition) is 0. The summed E-state index contributed by atoms with van der Waals surface area (Å²) in [6.45, 7) is 2.34. The Bertz CT molecular complexity index is 959. The summed E-state index contributed by atoms with van der Waals surface area (Å²) in [5, 5.41) is 19.0. The van der Waals surface area contributed by atoms with Crippen LogP contribution in [-0.4, -0.2) is 19.7 Å². The van der Waals surface area contributed by atoms with E-state index in [2.05, 4.69) is 38.8 Å². The zero-order valence-electron chi connectivity index (χ0n) is 16.0. The van der Waals surface area contributed by atoms with Gasteiger partial charge in [0.2, 0.25) is 0 Å². The Hall–Kier alpha value is -2.65. The fraction of sp³-hybridized carbons (Fsp3) is 0.364. The van der Waals surface area contributed by atoms with Crippen LogP contribution in [-0.2, 0) is 5.75 Å². The molecular formula is C22H23N5S. The molecule has 2 heterocycles. The maximum atomic E-state index is 8.97. The van der Waals surface area contributed by atoms with Gasteiger partial charge < -0.3 is 0 Å². The maximum absolute atomic E-state index is 8.97. The molecule has 1 aliphatic rings. The lowest BCUT2D eigenvalue weighted by molar-refractivity contribution is 0.247. The summed E-state index contributed by atoms with van der Waals surface area (Å²) in [4.78, 5) is 4.27. The topological polar surface area (TPSA) is 67.4 Å². The van der Waals surface area contributed by atoms with Gasteiger partial charge in [0.05, 0.1) is 11.6 Å². The average molecular weight is 390 g/mol. The number of hydrogen-bond acceptors (Lipinski definition) is 5. The molecule has 0 bridgehead atoms. The van der Waals surface area contributed by atoms with E-state index in [1.165, 1.54) is 24.8 Å². The van der Waals surface area contributed by atoms with Crippen LogP contribution < -0.4 is 0 Å². The molecular weight excluding hydrogens is 366 g/mol. The van der Waals surface area contributed by atoms with Gasteiger partial charge in [-0.05, 0) is 48.6 Å². The molecule has 0 unspecified atom stereocenters. The first-order valence-corrected chi connectivity index (χ1v) is 10.7. The Labute approximate surface area is 169 Å². The number of benzene rings is 1. The number of nitrogens with zero attached hydrogens (tertiary/aromatic N) is 5. The third-order valence-electron chi connectivity index (χ3n) is 5.43. The monoisotopic (exact) mass is 389 g/mol. The van der Waals surface area contributed by atoms with Gasteiger partial charge in [0, 0.05) is 29.8 Å². The first-order valence-electron chi connectivity index (χ1n) is 9.73. The van der Waals surface area contributed by atoms with Crippen molar-refractivity contribution in [1.82, 2.24) is 19.7 Å². The molecule has 1 fully saturated rings. The zero-order valence-corrected chi connectivity index (χ0v) is 16.8. The Morgan fingerprint density at radius 3 is 2.68 bits per heavy atom. The number of thioether (sulfide) groups is 1. The molecule has 1 saturated carbocycles. The molecule has 3 aromatic rings. The largest absolute Gasteiger partial charge is 0.299 e. The van der Waals surface area contributed by atoms with Crippen LogP contribution in [0.15, 0.2) is 53.9 Å². The molecule has 2 aromatic heterocycles. The second kappa shape index (κ2) is 8.57. The van der Waals surface area contributed by atoms with Crippen LogP contribution in [0.5, 0.6) is 0 Å². The molecule has 4 rings (SSSR count). The van der Waals surface area contributed by atoms with Crippen molar-refractivity contribution in [3.8, 4) is 17.5 Å². The van der Waals surface area contributed by atoms with E-state index >= 15 is 0 Å². The minimum absolute atomic E-state index is 0.419. The lowest BCUT2D eigenvalue weighted by Gasteiger charge is -2.31. The molecule has 2 atom stereocenters. The van der Waals surface area contributed by atoms with E-state index in [1.54, 1.807) is 18.0 Å². The van der Waals surface area contributed by atoms with E-state index in [-0.39, 0.29) is 0 Å². The second-order valence-corrected chi connectivity index (χ2v) is 8.29. The third-order valence-corrected chi connectivity index (χ3v) is 6.45. The van der Waals surface area contributed by atoms with Crippen LogP contribution in [0.3, 0.4) is 0 Å². The van der Waals surface area contributed by atoms with E-state index < -0.39 is 0 Å². The molecule has 0 N–H and O–H groups in total. The summed E-state index contributed by atoms with van der Waals surface area (Å²) in [5.74, 6) is 2.32. The summed E-state index contributed by atoms with van der Waals surface area (Å²) in [7, 11) is 0. The van der Waals surface area contributed by atoms with E-state index in [4.69, 9.17) is 5.26 Å². The molecule has 6 heteroatoms. The Morgan fingerprint density at radius 2 is 1.96 bits per heavy atom. The van der Waals surface area contributed by atoms with Crippen molar-refractivity contribution in [3.05, 3.63) is 59.9 Å². The SMILES string of the molecule is C[C@@H]1CCCC[C@H]1n1c(SCc2ccc(C#N)cc2)nnc1-c1cccnc1. The summed E-state index contributed by atoms with van der Waals surface area (Å²) in [6.07, 6.45) is 8.61. The van der Waals surface area contributed by atoms with Gasteiger partial charge in [-0.25, -0.2) is 0 Å². The normalized spacial score (nSPS) is 19.3. The number of rotatable bonds is 5. The standard InChI is InChI=1S/C22H23N5S/c1-16-5-2-3-7-20(16)27-21(19-6-4-12-24-14-19)25-26-22(27)28-15-18-10-8-17(13-23)9-11-18/h4,6,8-12,14,16,20H,2-3,5,7,15H2,1H3/t16-,20-/m1/s1. The number of nitriles is 1. The minimum atomic E-state index is 0.419. The highest BCUT2D eigenvalue weighted by Crippen LogP contribution is 2.39. The Balaban J connectivity index is 1.64. The van der Waals surface area contributed by atoms with E-state index in [9.17, 15) is 0 Å². The maximum Gasteiger partial charge on any atom is 0.192 e. The van der Waals surface area contributed by atoms with Crippen LogP contribution in [0.2, 0.25) is 0 Å². The molecule has 0 aliphatic heterocycles. The fourth-order valence-electron chi connectivity index (χ4n) is 3.87. The zero-order chi connectivity index (χ0) is 19.3. The van der Waals surface area contributed by atoms with Gasteiger partial charge in [-0.3, -0.25) is 9.55 Å². The average Bonchev–Trinajstić information content (AvgIpc) is 3.17. The highest BCUT2D eigenvalue weighted by molar-refractivity contribution is 7.98. The molecule has 0 spiro atoms. The summed E-state index contributed by atoms with van der Waals surface area (Å²) in [5.41, 5.74) is 2.88. The van der Waals surface area contributed by atoms with Gasteiger partial charge in [-0.15, -0.1) is 10.2 Å². The molecule has 28 heavy (non-hydrogen) atoms. The van der Waals surface area contributed by atoms with E-state index in [1.807, 2.05) is 36.5 Å². The van der Waals surface area contributed by atoms with Gasteiger partial charge >= 0.3 is 0 Å². The third kappa shape index (κ3) is 3.95. The van der Waals surface area contributed by atoms with Gasteiger partial charge in [0.1, 0.15) is 0 Å². The minimum Gasteiger partial charge on any atom is -0.299 e. The lowest BCUT2D eigenvalue weighted by atomic mass is 9.85. The van der Waals surface area contributed by atoms with Crippen molar-refractivity contribution >= 4 is 11.8 Å². The van der Waals surface area contributed by atoms with Crippen molar-refractivity contribution in [3.63, 3.8) is 0 Å². The molecule has 0 radical (unpaired) electrons. The van der Waals surface area contributed by atoms with Crippen LogP contribution >= 0.6 is 11.8 Å².